The zero-order chi connectivity index (χ0) is 23.1. The molecule has 6 nitrogen and oxygen atoms in total. The summed E-state index contributed by atoms with van der Waals surface area (Å²) in [6.45, 7) is 4.64. The average molecular weight is 459 g/mol. The van der Waals surface area contributed by atoms with Crippen molar-refractivity contribution in [3.63, 3.8) is 0 Å². The standard InChI is InChI=1S/C20H19ClF4N4O2/c1-10(2)28(13-4-5-15(22)14(21)8-13)18(30)16-9-26-19(31)29(16)17-7-12(20(23,24)25)6-11(3)27-17/h4-8,10,16H,9H2,1-3H3,(H,26,31)/t16-/m0/s1. The second kappa shape index (κ2) is 8.33. The molecule has 31 heavy (non-hydrogen) atoms. The largest absolute Gasteiger partial charge is 0.416 e. The number of pyridine rings is 1. The molecule has 11 heteroatoms. The monoisotopic (exact) mass is 458 g/mol. The molecule has 3 amide bonds. The van der Waals surface area contributed by atoms with Gasteiger partial charge in [-0.05, 0) is 51.1 Å². The van der Waals surface area contributed by atoms with Gasteiger partial charge in [-0.2, -0.15) is 13.2 Å². The van der Waals surface area contributed by atoms with Gasteiger partial charge in [0, 0.05) is 24.0 Å². The van der Waals surface area contributed by atoms with Gasteiger partial charge in [0.15, 0.2) is 0 Å². The highest BCUT2D eigenvalue weighted by molar-refractivity contribution is 6.31. The molecule has 1 aliphatic heterocycles. The van der Waals surface area contributed by atoms with Crippen molar-refractivity contribution >= 4 is 35.0 Å². The van der Waals surface area contributed by atoms with Crippen LogP contribution >= 0.6 is 11.6 Å². The molecule has 2 aromatic rings. The van der Waals surface area contributed by atoms with Gasteiger partial charge in [-0.3, -0.25) is 9.69 Å². The first-order chi connectivity index (χ1) is 14.4. The number of rotatable bonds is 4. The lowest BCUT2D eigenvalue weighted by Crippen LogP contribution is -2.50. The Morgan fingerprint density at radius 3 is 2.55 bits per heavy atom. The van der Waals surface area contributed by atoms with Crippen molar-refractivity contribution in [1.82, 2.24) is 10.3 Å². The molecule has 0 unspecified atom stereocenters. The zero-order valence-corrected chi connectivity index (χ0v) is 17.6. The minimum atomic E-state index is -4.65. The average Bonchev–Trinajstić information content (AvgIpc) is 3.04. The molecule has 2 heterocycles. The van der Waals surface area contributed by atoms with Crippen LogP contribution in [0.5, 0.6) is 0 Å². The van der Waals surface area contributed by atoms with E-state index in [2.05, 4.69) is 10.3 Å². The Labute approximate surface area is 180 Å². The van der Waals surface area contributed by atoms with Gasteiger partial charge in [0.05, 0.1) is 10.6 Å². The molecule has 0 saturated carbocycles. The number of anilines is 2. The highest BCUT2D eigenvalue weighted by atomic mass is 35.5. The van der Waals surface area contributed by atoms with Crippen LogP contribution in [-0.2, 0) is 11.0 Å². The van der Waals surface area contributed by atoms with Crippen molar-refractivity contribution in [3.8, 4) is 0 Å². The fourth-order valence-corrected chi connectivity index (χ4v) is 3.55. The van der Waals surface area contributed by atoms with Gasteiger partial charge < -0.3 is 10.2 Å². The summed E-state index contributed by atoms with van der Waals surface area (Å²) in [6, 6.07) is 3.01. The van der Waals surface area contributed by atoms with E-state index in [1.54, 1.807) is 13.8 Å². The maximum Gasteiger partial charge on any atom is 0.416 e. The van der Waals surface area contributed by atoms with Crippen LogP contribution in [0.4, 0.5) is 33.9 Å². The number of hydrogen-bond donors (Lipinski definition) is 1. The van der Waals surface area contributed by atoms with E-state index in [1.807, 2.05) is 0 Å². The molecule has 1 atom stereocenters. The fourth-order valence-electron chi connectivity index (χ4n) is 3.38. The van der Waals surface area contributed by atoms with Gasteiger partial charge in [0.25, 0.3) is 5.91 Å². The molecule has 0 radical (unpaired) electrons. The van der Waals surface area contributed by atoms with E-state index in [0.717, 1.165) is 23.1 Å². The molecule has 0 aliphatic carbocycles. The van der Waals surface area contributed by atoms with Crippen LogP contribution in [0.1, 0.15) is 25.1 Å². The topological polar surface area (TPSA) is 65.5 Å². The predicted octanol–water partition coefficient (Wildman–Crippen LogP) is 4.54. The van der Waals surface area contributed by atoms with E-state index >= 15 is 0 Å². The highest BCUT2D eigenvalue weighted by Gasteiger charge is 2.42. The number of aryl methyl sites for hydroxylation is 1. The van der Waals surface area contributed by atoms with Gasteiger partial charge in [0.1, 0.15) is 17.7 Å². The number of aromatic nitrogens is 1. The molecule has 1 N–H and O–H groups in total. The number of benzene rings is 1. The van der Waals surface area contributed by atoms with E-state index in [0.29, 0.717) is 5.69 Å². The number of nitrogens with one attached hydrogen (secondary N) is 1. The molecule has 1 fully saturated rings. The number of halogens is 5. The fraction of sp³-hybridized carbons (Fsp3) is 0.350. The zero-order valence-electron chi connectivity index (χ0n) is 16.8. The van der Waals surface area contributed by atoms with E-state index in [1.165, 1.54) is 24.0 Å². The van der Waals surface area contributed by atoms with Crippen LogP contribution in [0.15, 0.2) is 30.3 Å². The lowest BCUT2D eigenvalue weighted by atomic mass is 10.1. The van der Waals surface area contributed by atoms with E-state index in [9.17, 15) is 27.2 Å². The van der Waals surface area contributed by atoms with E-state index in [-0.39, 0.29) is 23.1 Å². The molecule has 0 bridgehead atoms. The Kier molecular flexibility index (Phi) is 6.13. The minimum absolute atomic E-state index is 0.0433. The normalized spacial score (nSPS) is 16.6. The van der Waals surface area contributed by atoms with Gasteiger partial charge in [0.2, 0.25) is 0 Å². The molecule has 1 saturated heterocycles. The number of carbonyl (C=O) groups excluding carboxylic acids is 2. The second-order valence-corrected chi connectivity index (χ2v) is 7.73. The lowest BCUT2D eigenvalue weighted by Gasteiger charge is -2.32. The van der Waals surface area contributed by atoms with Crippen molar-refractivity contribution in [2.24, 2.45) is 0 Å². The highest BCUT2D eigenvalue weighted by Crippen LogP contribution is 2.33. The van der Waals surface area contributed by atoms with Crippen LogP contribution < -0.4 is 15.1 Å². The summed E-state index contributed by atoms with van der Waals surface area (Å²) in [7, 11) is 0. The van der Waals surface area contributed by atoms with Crippen molar-refractivity contribution in [2.75, 3.05) is 16.3 Å². The minimum Gasteiger partial charge on any atom is -0.335 e. The predicted molar refractivity (Wildman–Crippen MR) is 108 cm³/mol. The molecule has 1 aliphatic rings. The van der Waals surface area contributed by atoms with Crippen LogP contribution in [0, 0.1) is 12.7 Å². The van der Waals surface area contributed by atoms with Crippen LogP contribution in [0.2, 0.25) is 5.02 Å². The summed E-state index contributed by atoms with van der Waals surface area (Å²) >= 11 is 5.85. The smallest absolute Gasteiger partial charge is 0.335 e. The molecule has 0 spiro atoms. The number of nitrogens with zero attached hydrogens (tertiary/aromatic N) is 3. The molecular formula is C20H19ClF4N4O2. The summed E-state index contributed by atoms with van der Waals surface area (Å²) in [5.41, 5.74) is -0.646. The Bertz CT molecular complexity index is 1030. The third-order valence-electron chi connectivity index (χ3n) is 4.71. The van der Waals surface area contributed by atoms with E-state index < -0.39 is 41.6 Å². The van der Waals surface area contributed by atoms with Gasteiger partial charge >= 0.3 is 12.2 Å². The van der Waals surface area contributed by atoms with Crippen LogP contribution in [-0.4, -0.2) is 35.6 Å². The van der Waals surface area contributed by atoms with Crippen molar-refractivity contribution in [2.45, 2.75) is 39.0 Å². The maximum atomic E-state index is 13.6. The number of hydrogen-bond acceptors (Lipinski definition) is 3. The number of urea groups is 1. The third-order valence-corrected chi connectivity index (χ3v) is 5.00. The first-order valence-electron chi connectivity index (χ1n) is 9.31. The Morgan fingerprint density at radius 2 is 1.97 bits per heavy atom. The first kappa shape index (κ1) is 22.8. The summed E-state index contributed by atoms with van der Waals surface area (Å²) in [6.07, 6.45) is -4.65. The number of amides is 3. The summed E-state index contributed by atoms with van der Waals surface area (Å²) in [5, 5.41) is 2.28. The number of carbonyl (C=O) groups is 2. The van der Waals surface area contributed by atoms with Crippen molar-refractivity contribution < 1.29 is 27.2 Å². The van der Waals surface area contributed by atoms with Gasteiger partial charge in [-0.25, -0.2) is 14.2 Å². The molecular weight excluding hydrogens is 440 g/mol. The van der Waals surface area contributed by atoms with Crippen molar-refractivity contribution in [3.05, 3.63) is 52.4 Å². The van der Waals surface area contributed by atoms with Gasteiger partial charge in [-0.1, -0.05) is 11.6 Å². The summed E-state index contributed by atoms with van der Waals surface area (Å²) in [4.78, 5) is 32.1. The van der Waals surface area contributed by atoms with Crippen LogP contribution in [0.25, 0.3) is 0 Å². The Morgan fingerprint density at radius 1 is 1.29 bits per heavy atom. The lowest BCUT2D eigenvalue weighted by molar-refractivity contribution is -0.137. The molecule has 166 valence electrons. The van der Waals surface area contributed by atoms with Gasteiger partial charge in [-0.15, -0.1) is 0 Å². The Balaban J connectivity index is 2.02. The van der Waals surface area contributed by atoms with Crippen LogP contribution in [0.3, 0.4) is 0 Å². The third kappa shape index (κ3) is 4.58. The number of alkyl halides is 3. The second-order valence-electron chi connectivity index (χ2n) is 7.33. The Hall–Kier alpha value is -2.88. The van der Waals surface area contributed by atoms with E-state index in [4.69, 9.17) is 11.6 Å². The quantitative estimate of drug-likeness (QED) is 0.684. The molecule has 3 rings (SSSR count). The molecule has 1 aromatic heterocycles. The van der Waals surface area contributed by atoms with Crippen molar-refractivity contribution in [1.29, 1.82) is 0 Å². The summed E-state index contributed by atoms with van der Waals surface area (Å²) < 4.78 is 53.3. The SMILES string of the molecule is Cc1cc(C(F)(F)F)cc(N2C(=O)NC[C@H]2C(=O)N(c2ccc(F)c(Cl)c2)C(C)C)n1. The molecule has 1 aromatic carbocycles. The maximum absolute atomic E-state index is 13.6. The first-order valence-corrected chi connectivity index (χ1v) is 9.69. The summed E-state index contributed by atoms with van der Waals surface area (Å²) in [5.74, 6) is -1.53.